The van der Waals surface area contributed by atoms with Gasteiger partial charge in [-0.2, -0.15) is 0 Å². The summed E-state index contributed by atoms with van der Waals surface area (Å²) >= 11 is 0. The molecule has 1 aliphatic rings. The SMILES string of the molecule is COc1cccnc1NC1CN(C)C1. The van der Waals surface area contributed by atoms with E-state index in [-0.39, 0.29) is 0 Å². The van der Waals surface area contributed by atoms with Crippen LogP contribution < -0.4 is 10.1 Å². The highest BCUT2D eigenvalue weighted by Crippen LogP contribution is 2.22. The summed E-state index contributed by atoms with van der Waals surface area (Å²) in [6.45, 7) is 2.14. The van der Waals surface area contributed by atoms with Crippen LogP contribution >= 0.6 is 0 Å². The molecule has 4 nitrogen and oxygen atoms in total. The third-order valence-electron chi connectivity index (χ3n) is 2.40. The highest BCUT2D eigenvalue weighted by atomic mass is 16.5. The molecule has 1 aromatic heterocycles. The average molecular weight is 193 g/mol. The monoisotopic (exact) mass is 193 g/mol. The zero-order valence-corrected chi connectivity index (χ0v) is 8.53. The summed E-state index contributed by atoms with van der Waals surface area (Å²) in [5.74, 6) is 1.65. The Labute approximate surface area is 83.9 Å². The van der Waals surface area contributed by atoms with Gasteiger partial charge < -0.3 is 15.0 Å². The van der Waals surface area contributed by atoms with Crippen LogP contribution in [0.1, 0.15) is 0 Å². The molecule has 0 bridgehead atoms. The molecule has 1 N–H and O–H groups in total. The number of methoxy groups -OCH3 is 1. The zero-order valence-electron chi connectivity index (χ0n) is 8.53. The average Bonchev–Trinajstić information content (AvgIpc) is 2.16. The molecule has 0 spiro atoms. The van der Waals surface area contributed by atoms with E-state index in [0.29, 0.717) is 6.04 Å². The van der Waals surface area contributed by atoms with Crippen molar-refractivity contribution in [3.8, 4) is 5.75 Å². The van der Waals surface area contributed by atoms with Crippen LogP contribution in [0.15, 0.2) is 18.3 Å². The van der Waals surface area contributed by atoms with Gasteiger partial charge in [0, 0.05) is 19.3 Å². The van der Waals surface area contributed by atoms with E-state index in [1.807, 2.05) is 12.1 Å². The standard InChI is InChI=1S/C10H15N3O/c1-13-6-8(7-13)12-10-9(14-2)4-3-5-11-10/h3-5,8H,6-7H2,1-2H3,(H,11,12). The summed E-state index contributed by atoms with van der Waals surface area (Å²) < 4.78 is 5.20. The number of hydrogen-bond donors (Lipinski definition) is 1. The summed E-state index contributed by atoms with van der Waals surface area (Å²) in [7, 11) is 3.77. The van der Waals surface area contributed by atoms with Gasteiger partial charge in [-0.25, -0.2) is 4.98 Å². The molecule has 76 valence electrons. The van der Waals surface area contributed by atoms with E-state index in [2.05, 4.69) is 22.2 Å². The smallest absolute Gasteiger partial charge is 0.169 e. The van der Waals surface area contributed by atoms with Gasteiger partial charge in [-0.05, 0) is 19.2 Å². The molecule has 1 fully saturated rings. The second-order valence-corrected chi connectivity index (χ2v) is 3.62. The number of nitrogens with zero attached hydrogens (tertiary/aromatic N) is 2. The summed E-state index contributed by atoms with van der Waals surface area (Å²) in [5.41, 5.74) is 0. The summed E-state index contributed by atoms with van der Waals surface area (Å²) in [4.78, 5) is 6.50. The first-order valence-corrected chi connectivity index (χ1v) is 4.73. The molecule has 0 unspecified atom stereocenters. The Balaban J connectivity index is 2.01. The van der Waals surface area contributed by atoms with Crippen LogP contribution in [0, 0.1) is 0 Å². The number of likely N-dealkylation sites (tertiary alicyclic amines) is 1. The number of anilines is 1. The van der Waals surface area contributed by atoms with Crippen LogP contribution in [0.5, 0.6) is 5.75 Å². The Morgan fingerprint density at radius 1 is 1.57 bits per heavy atom. The van der Waals surface area contributed by atoms with E-state index >= 15 is 0 Å². The normalized spacial score (nSPS) is 17.6. The molecule has 1 aromatic rings. The third kappa shape index (κ3) is 1.80. The molecule has 0 radical (unpaired) electrons. The number of ether oxygens (including phenoxy) is 1. The van der Waals surface area contributed by atoms with Gasteiger partial charge in [0.25, 0.3) is 0 Å². The number of hydrogen-bond acceptors (Lipinski definition) is 4. The predicted octanol–water partition coefficient (Wildman–Crippen LogP) is 0.816. The fraction of sp³-hybridized carbons (Fsp3) is 0.500. The Bertz CT molecular complexity index is 310. The molecule has 0 amide bonds. The summed E-state index contributed by atoms with van der Waals surface area (Å²) in [6, 6.07) is 4.29. The van der Waals surface area contributed by atoms with E-state index in [1.165, 1.54) is 0 Å². The lowest BCUT2D eigenvalue weighted by atomic mass is 10.1. The first-order valence-electron chi connectivity index (χ1n) is 4.73. The van der Waals surface area contributed by atoms with Gasteiger partial charge in [-0.1, -0.05) is 0 Å². The van der Waals surface area contributed by atoms with Gasteiger partial charge in [0.1, 0.15) is 0 Å². The van der Waals surface area contributed by atoms with Crippen molar-refractivity contribution in [1.82, 2.24) is 9.88 Å². The minimum Gasteiger partial charge on any atom is -0.493 e. The van der Waals surface area contributed by atoms with E-state index < -0.39 is 0 Å². The van der Waals surface area contributed by atoms with Crippen molar-refractivity contribution in [3.05, 3.63) is 18.3 Å². The Morgan fingerprint density at radius 3 is 3.00 bits per heavy atom. The van der Waals surface area contributed by atoms with Crippen molar-refractivity contribution in [2.24, 2.45) is 0 Å². The number of aromatic nitrogens is 1. The lowest BCUT2D eigenvalue weighted by Gasteiger charge is -2.37. The number of nitrogens with one attached hydrogen (secondary N) is 1. The maximum absolute atomic E-state index is 5.20. The molecular weight excluding hydrogens is 178 g/mol. The Morgan fingerprint density at radius 2 is 2.36 bits per heavy atom. The first kappa shape index (κ1) is 9.27. The Kier molecular flexibility index (Phi) is 2.54. The van der Waals surface area contributed by atoms with Gasteiger partial charge >= 0.3 is 0 Å². The van der Waals surface area contributed by atoms with Crippen molar-refractivity contribution in [1.29, 1.82) is 0 Å². The van der Waals surface area contributed by atoms with Gasteiger partial charge in [0.2, 0.25) is 0 Å². The van der Waals surface area contributed by atoms with E-state index in [0.717, 1.165) is 24.7 Å². The lowest BCUT2D eigenvalue weighted by molar-refractivity contribution is 0.204. The quantitative estimate of drug-likeness (QED) is 0.771. The minimum absolute atomic E-state index is 0.504. The molecule has 1 aliphatic heterocycles. The van der Waals surface area contributed by atoms with Gasteiger partial charge in [-0.15, -0.1) is 0 Å². The van der Waals surface area contributed by atoms with Crippen LogP contribution in [0.3, 0.4) is 0 Å². The number of likely N-dealkylation sites (N-methyl/N-ethyl adjacent to an activating group) is 1. The van der Waals surface area contributed by atoms with Crippen LogP contribution in [-0.2, 0) is 0 Å². The van der Waals surface area contributed by atoms with Crippen molar-refractivity contribution in [2.45, 2.75) is 6.04 Å². The van der Waals surface area contributed by atoms with Crippen LogP contribution in [0.25, 0.3) is 0 Å². The Hall–Kier alpha value is -1.29. The second kappa shape index (κ2) is 3.84. The summed E-state index contributed by atoms with van der Waals surface area (Å²) in [6.07, 6.45) is 1.77. The van der Waals surface area contributed by atoms with E-state index in [9.17, 15) is 0 Å². The zero-order chi connectivity index (χ0) is 9.97. The largest absolute Gasteiger partial charge is 0.493 e. The maximum atomic E-state index is 5.20. The maximum Gasteiger partial charge on any atom is 0.169 e. The predicted molar refractivity (Wildman–Crippen MR) is 55.7 cm³/mol. The molecule has 0 atom stereocenters. The van der Waals surface area contributed by atoms with Gasteiger partial charge in [-0.3, -0.25) is 0 Å². The second-order valence-electron chi connectivity index (χ2n) is 3.62. The highest BCUT2D eigenvalue weighted by Gasteiger charge is 2.23. The molecule has 4 heteroatoms. The number of pyridine rings is 1. The van der Waals surface area contributed by atoms with Crippen molar-refractivity contribution >= 4 is 5.82 Å². The van der Waals surface area contributed by atoms with Crippen molar-refractivity contribution in [2.75, 3.05) is 32.6 Å². The molecule has 14 heavy (non-hydrogen) atoms. The molecule has 2 heterocycles. The van der Waals surface area contributed by atoms with Crippen molar-refractivity contribution < 1.29 is 4.74 Å². The first-order chi connectivity index (χ1) is 6.79. The van der Waals surface area contributed by atoms with E-state index in [1.54, 1.807) is 13.3 Å². The molecule has 0 saturated carbocycles. The molecule has 2 rings (SSSR count). The molecule has 0 aliphatic carbocycles. The van der Waals surface area contributed by atoms with Gasteiger partial charge in [0.05, 0.1) is 13.2 Å². The molecular formula is C10H15N3O. The highest BCUT2D eigenvalue weighted by molar-refractivity contribution is 5.50. The van der Waals surface area contributed by atoms with Crippen LogP contribution in [0.4, 0.5) is 5.82 Å². The van der Waals surface area contributed by atoms with Gasteiger partial charge in [0.15, 0.2) is 11.6 Å². The van der Waals surface area contributed by atoms with E-state index in [4.69, 9.17) is 4.74 Å². The third-order valence-corrected chi connectivity index (χ3v) is 2.40. The van der Waals surface area contributed by atoms with Crippen molar-refractivity contribution in [3.63, 3.8) is 0 Å². The fourth-order valence-corrected chi connectivity index (χ4v) is 1.65. The topological polar surface area (TPSA) is 37.4 Å². The number of rotatable bonds is 3. The lowest BCUT2D eigenvalue weighted by Crippen LogP contribution is -2.52. The summed E-state index contributed by atoms with van der Waals surface area (Å²) in [5, 5.41) is 3.35. The molecule has 1 saturated heterocycles. The van der Waals surface area contributed by atoms with Crippen LogP contribution in [0.2, 0.25) is 0 Å². The minimum atomic E-state index is 0.504. The molecule has 0 aromatic carbocycles. The van der Waals surface area contributed by atoms with Crippen LogP contribution in [-0.4, -0.2) is 43.2 Å². The fourth-order valence-electron chi connectivity index (χ4n) is 1.65.